The zero-order valence-electron chi connectivity index (χ0n) is 5.23. The summed E-state index contributed by atoms with van der Waals surface area (Å²) in [6.07, 6.45) is 0. The zero-order valence-corrected chi connectivity index (χ0v) is 5.23. The van der Waals surface area contributed by atoms with Crippen molar-refractivity contribution < 1.29 is 9.68 Å². The van der Waals surface area contributed by atoms with Crippen LogP contribution in [-0.4, -0.2) is 27.3 Å². The molecule has 8 heavy (non-hydrogen) atoms. The quantitative estimate of drug-likeness (QED) is 0.371. The molecule has 0 rings (SSSR count). The molecule has 0 aromatic rings. The van der Waals surface area contributed by atoms with Crippen molar-refractivity contribution in [2.45, 2.75) is 0 Å². The Morgan fingerprint density at radius 1 is 1.00 bits per heavy atom. The number of rotatable bonds is 5. The molecule has 50 valence electrons. The van der Waals surface area contributed by atoms with E-state index in [9.17, 15) is 0 Å². The van der Waals surface area contributed by atoms with E-state index < -0.39 is 0 Å². The first kappa shape index (κ1) is 7.84. The van der Waals surface area contributed by atoms with E-state index in [1.54, 1.807) is 14.2 Å². The van der Waals surface area contributed by atoms with Gasteiger partial charge in [0.05, 0.1) is 14.2 Å². The minimum atomic E-state index is 0.740. The van der Waals surface area contributed by atoms with E-state index in [0.29, 0.717) is 0 Å². The molecule has 0 heterocycles. The van der Waals surface area contributed by atoms with Crippen LogP contribution in [0.4, 0.5) is 0 Å². The highest BCUT2D eigenvalue weighted by Gasteiger charge is 1.79. The Labute approximate surface area is 49.1 Å². The molecule has 0 spiro atoms. The predicted molar refractivity (Wildman–Crippen MR) is 30.0 cm³/mol. The first-order chi connectivity index (χ1) is 3.91. The summed E-state index contributed by atoms with van der Waals surface area (Å²) in [4.78, 5) is 9.09. The van der Waals surface area contributed by atoms with Gasteiger partial charge in [0.25, 0.3) is 0 Å². The molecule has 2 N–H and O–H groups in total. The Morgan fingerprint density at radius 3 is 1.62 bits per heavy atom. The van der Waals surface area contributed by atoms with Crippen molar-refractivity contribution in [3.8, 4) is 0 Å². The van der Waals surface area contributed by atoms with Crippen LogP contribution in [0, 0.1) is 0 Å². The molecule has 0 radical (unpaired) electrons. The van der Waals surface area contributed by atoms with Crippen LogP contribution >= 0.6 is 0 Å². The van der Waals surface area contributed by atoms with E-state index in [2.05, 4.69) is 20.6 Å². The lowest BCUT2D eigenvalue weighted by Gasteiger charge is -2.00. The molecule has 0 fully saturated rings. The van der Waals surface area contributed by atoms with Crippen LogP contribution in [-0.2, 0) is 9.68 Å². The van der Waals surface area contributed by atoms with Gasteiger partial charge >= 0.3 is 0 Å². The minimum absolute atomic E-state index is 0.740. The van der Waals surface area contributed by atoms with Crippen molar-refractivity contribution in [2.75, 3.05) is 27.3 Å². The maximum Gasteiger partial charge on any atom is 0.0572 e. The maximum absolute atomic E-state index is 4.54. The average Bonchev–Trinajstić information content (AvgIpc) is 1.81. The molecule has 0 aliphatic heterocycles. The molecule has 0 atom stereocenters. The highest BCUT2D eigenvalue weighted by molar-refractivity contribution is 4.32. The number of hydrogen-bond donors (Lipinski definition) is 2. The third-order valence-corrected chi connectivity index (χ3v) is 0.618. The van der Waals surface area contributed by atoms with Crippen LogP contribution in [0.15, 0.2) is 0 Å². The Bertz CT molecular complexity index is 37.0. The van der Waals surface area contributed by atoms with E-state index in [1.807, 2.05) is 0 Å². The second kappa shape index (κ2) is 6.84. The summed E-state index contributed by atoms with van der Waals surface area (Å²) in [6, 6.07) is 0. The molecule has 0 aromatic carbocycles. The smallest absolute Gasteiger partial charge is 0.0572 e. The third-order valence-electron chi connectivity index (χ3n) is 0.618. The topological polar surface area (TPSA) is 42.5 Å². The lowest BCUT2D eigenvalue weighted by atomic mass is 10.7. The van der Waals surface area contributed by atoms with Crippen molar-refractivity contribution in [1.82, 2.24) is 11.0 Å². The highest BCUT2D eigenvalue weighted by Crippen LogP contribution is 1.56. The van der Waals surface area contributed by atoms with Gasteiger partial charge in [-0.2, -0.15) is 0 Å². The summed E-state index contributed by atoms with van der Waals surface area (Å²) in [5.74, 6) is 0. The van der Waals surface area contributed by atoms with E-state index in [-0.39, 0.29) is 0 Å². The van der Waals surface area contributed by atoms with E-state index in [1.165, 1.54) is 0 Å². The van der Waals surface area contributed by atoms with E-state index in [4.69, 9.17) is 0 Å². The summed E-state index contributed by atoms with van der Waals surface area (Å²) in [5, 5.41) is 0. The molecule has 0 aliphatic rings. The van der Waals surface area contributed by atoms with Crippen LogP contribution in [0.1, 0.15) is 0 Å². The van der Waals surface area contributed by atoms with Crippen molar-refractivity contribution in [1.29, 1.82) is 0 Å². The second-order valence-corrected chi connectivity index (χ2v) is 1.20. The van der Waals surface area contributed by atoms with Gasteiger partial charge in [0.1, 0.15) is 0 Å². The van der Waals surface area contributed by atoms with Gasteiger partial charge in [0, 0.05) is 13.1 Å². The SMILES string of the molecule is CONCCNOC. The summed E-state index contributed by atoms with van der Waals surface area (Å²) in [5.41, 5.74) is 5.28. The standard InChI is InChI=1S/C4H12N2O2/c1-7-5-3-4-6-8-2/h5-6H,3-4H2,1-2H3. The fraction of sp³-hybridized carbons (Fsp3) is 1.00. The molecule has 0 bridgehead atoms. The molecule has 0 unspecified atom stereocenters. The van der Waals surface area contributed by atoms with Crippen LogP contribution < -0.4 is 11.0 Å². The zero-order chi connectivity index (χ0) is 6.24. The maximum atomic E-state index is 4.54. The summed E-state index contributed by atoms with van der Waals surface area (Å²) >= 11 is 0. The van der Waals surface area contributed by atoms with Gasteiger partial charge in [-0.1, -0.05) is 0 Å². The molecule has 4 heteroatoms. The van der Waals surface area contributed by atoms with Gasteiger partial charge in [-0.15, -0.1) is 0 Å². The molecule has 0 amide bonds. The highest BCUT2D eigenvalue weighted by atomic mass is 16.6. The van der Waals surface area contributed by atoms with Crippen molar-refractivity contribution in [3.63, 3.8) is 0 Å². The van der Waals surface area contributed by atoms with Gasteiger partial charge < -0.3 is 9.68 Å². The third kappa shape index (κ3) is 5.84. The Hall–Kier alpha value is -0.160. The monoisotopic (exact) mass is 120 g/mol. The average molecular weight is 120 g/mol. The van der Waals surface area contributed by atoms with Gasteiger partial charge in [-0.3, -0.25) is 0 Å². The van der Waals surface area contributed by atoms with Crippen molar-refractivity contribution in [2.24, 2.45) is 0 Å². The number of nitrogens with one attached hydrogen (secondary N) is 2. The first-order valence-electron chi connectivity index (χ1n) is 2.43. The fourth-order valence-electron chi connectivity index (χ4n) is 0.306. The lowest BCUT2D eigenvalue weighted by molar-refractivity contribution is 0.0587. The summed E-state index contributed by atoms with van der Waals surface area (Å²) in [7, 11) is 3.15. The molecule has 0 saturated heterocycles. The van der Waals surface area contributed by atoms with Crippen LogP contribution in [0.3, 0.4) is 0 Å². The van der Waals surface area contributed by atoms with E-state index in [0.717, 1.165) is 13.1 Å². The van der Waals surface area contributed by atoms with Gasteiger partial charge in [0.2, 0.25) is 0 Å². The Kier molecular flexibility index (Phi) is 6.70. The summed E-state index contributed by atoms with van der Waals surface area (Å²) < 4.78 is 0. The molecule has 0 aliphatic carbocycles. The Balaban J connectivity index is 2.53. The fourth-order valence-corrected chi connectivity index (χ4v) is 0.306. The second-order valence-electron chi connectivity index (χ2n) is 1.20. The van der Waals surface area contributed by atoms with Crippen LogP contribution in [0.25, 0.3) is 0 Å². The summed E-state index contributed by atoms with van der Waals surface area (Å²) in [6.45, 7) is 1.48. The van der Waals surface area contributed by atoms with Crippen molar-refractivity contribution >= 4 is 0 Å². The normalized spacial score (nSPS) is 9.75. The van der Waals surface area contributed by atoms with Gasteiger partial charge in [-0.05, 0) is 0 Å². The van der Waals surface area contributed by atoms with E-state index >= 15 is 0 Å². The van der Waals surface area contributed by atoms with Crippen molar-refractivity contribution in [3.05, 3.63) is 0 Å². The Morgan fingerprint density at radius 2 is 1.38 bits per heavy atom. The lowest BCUT2D eigenvalue weighted by Crippen LogP contribution is -2.25. The number of hydrogen-bond acceptors (Lipinski definition) is 4. The van der Waals surface area contributed by atoms with Gasteiger partial charge in [0.15, 0.2) is 0 Å². The molecule has 0 aromatic heterocycles. The molecule has 0 saturated carbocycles. The van der Waals surface area contributed by atoms with Gasteiger partial charge in [-0.25, -0.2) is 11.0 Å². The molecule has 4 nitrogen and oxygen atoms in total. The molecular weight excluding hydrogens is 108 g/mol. The first-order valence-corrected chi connectivity index (χ1v) is 2.43. The van der Waals surface area contributed by atoms with Crippen LogP contribution in [0.5, 0.6) is 0 Å². The minimum Gasteiger partial charge on any atom is -0.305 e. The van der Waals surface area contributed by atoms with Crippen LogP contribution in [0.2, 0.25) is 0 Å². The number of hydroxylamine groups is 2. The predicted octanol–water partition coefficient (Wildman–Crippen LogP) is -0.712. The largest absolute Gasteiger partial charge is 0.305 e. The molecular formula is C4H12N2O2.